The summed E-state index contributed by atoms with van der Waals surface area (Å²) in [5, 5.41) is 0. The Hall–Kier alpha value is -2.28. The highest BCUT2D eigenvalue weighted by molar-refractivity contribution is 7.92. The number of sulfonamides is 1. The molecule has 2 rings (SSSR count). The van der Waals surface area contributed by atoms with Crippen LogP contribution >= 0.6 is 0 Å². The van der Waals surface area contributed by atoms with E-state index in [0.29, 0.717) is 11.4 Å². The Labute approximate surface area is 122 Å². The summed E-state index contributed by atoms with van der Waals surface area (Å²) in [6.45, 7) is 1.86. The maximum absolute atomic E-state index is 13.1. The first kappa shape index (κ1) is 15.1. The lowest BCUT2D eigenvalue weighted by molar-refractivity contribution is 0.416. The lowest BCUT2D eigenvalue weighted by Crippen LogP contribution is -2.14. The number of nitrogens with one attached hydrogen (secondary N) is 1. The van der Waals surface area contributed by atoms with Gasteiger partial charge in [0.15, 0.2) is 0 Å². The summed E-state index contributed by atoms with van der Waals surface area (Å²) in [6, 6.07) is 8.28. The van der Waals surface area contributed by atoms with Gasteiger partial charge in [0.2, 0.25) is 0 Å². The third-order valence-electron chi connectivity index (χ3n) is 2.88. The summed E-state index contributed by atoms with van der Waals surface area (Å²) in [6.07, 6.45) is 0. The van der Waals surface area contributed by atoms with Crippen LogP contribution in [0.1, 0.15) is 5.56 Å². The molecule has 7 heteroatoms. The quantitative estimate of drug-likeness (QED) is 0.850. The molecule has 5 nitrogen and oxygen atoms in total. The second-order valence-electron chi connectivity index (χ2n) is 4.49. The van der Waals surface area contributed by atoms with Crippen molar-refractivity contribution in [3.05, 3.63) is 47.8 Å². The smallest absolute Gasteiger partial charge is 0.262 e. The average molecular weight is 310 g/mol. The third kappa shape index (κ3) is 3.25. The van der Waals surface area contributed by atoms with E-state index in [1.54, 1.807) is 18.2 Å². The number of benzene rings is 2. The number of nitrogens with two attached hydrogens (primary N) is 1. The number of halogens is 1. The number of nitrogen functional groups attached to an aromatic ring is 1. The summed E-state index contributed by atoms with van der Waals surface area (Å²) >= 11 is 0. The summed E-state index contributed by atoms with van der Waals surface area (Å²) in [7, 11) is -2.43. The van der Waals surface area contributed by atoms with Gasteiger partial charge < -0.3 is 10.5 Å². The number of anilines is 2. The summed E-state index contributed by atoms with van der Waals surface area (Å²) < 4.78 is 45.2. The topological polar surface area (TPSA) is 81.4 Å². The molecule has 0 unspecified atom stereocenters. The first-order valence-electron chi connectivity index (χ1n) is 6.06. The van der Waals surface area contributed by atoms with Crippen molar-refractivity contribution in [2.24, 2.45) is 0 Å². The highest BCUT2D eigenvalue weighted by Crippen LogP contribution is 2.28. The number of methoxy groups -OCH3 is 1. The Bertz CT molecular complexity index is 776. The van der Waals surface area contributed by atoms with Crippen LogP contribution in [-0.4, -0.2) is 15.5 Å². The van der Waals surface area contributed by atoms with Crippen LogP contribution in [0, 0.1) is 12.7 Å². The zero-order valence-corrected chi connectivity index (χ0v) is 12.4. The van der Waals surface area contributed by atoms with E-state index in [1.807, 2.05) is 6.92 Å². The molecule has 0 aliphatic carbocycles. The minimum absolute atomic E-state index is 0.121. The lowest BCUT2D eigenvalue weighted by Gasteiger charge is -2.12. The zero-order chi connectivity index (χ0) is 15.6. The molecule has 0 aromatic heterocycles. The molecule has 0 bridgehead atoms. The van der Waals surface area contributed by atoms with Crippen LogP contribution < -0.4 is 15.2 Å². The number of ether oxygens (including phenoxy) is 1. The van der Waals surface area contributed by atoms with E-state index in [0.717, 1.165) is 23.8 Å². The Kier molecular flexibility index (Phi) is 4.04. The van der Waals surface area contributed by atoms with Gasteiger partial charge in [0, 0.05) is 0 Å². The molecule has 2 aromatic carbocycles. The fourth-order valence-corrected chi connectivity index (χ4v) is 2.88. The van der Waals surface area contributed by atoms with Crippen LogP contribution in [0.5, 0.6) is 5.75 Å². The first-order valence-corrected chi connectivity index (χ1v) is 7.54. The van der Waals surface area contributed by atoms with Crippen LogP contribution in [0.25, 0.3) is 0 Å². The number of hydrogen-bond acceptors (Lipinski definition) is 4. The molecule has 0 atom stereocenters. The predicted octanol–water partition coefficient (Wildman–Crippen LogP) is 2.53. The fourth-order valence-electron chi connectivity index (χ4n) is 1.78. The molecular formula is C14H15FN2O3S. The Morgan fingerprint density at radius 2 is 1.90 bits per heavy atom. The van der Waals surface area contributed by atoms with E-state index in [4.69, 9.17) is 10.5 Å². The highest BCUT2D eigenvalue weighted by Gasteiger charge is 2.17. The molecule has 0 heterocycles. The van der Waals surface area contributed by atoms with E-state index in [-0.39, 0.29) is 10.6 Å². The molecule has 0 spiro atoms. The average Bonchev–Trinajstić information content (AvgIpc) is 2.43. The van der Waals surface area contributed by atoms with E-state index in [1.165, 1.54) is 7.11 Å². The minimum atomic E-state index is -3.87. The standard InChI is InChI=1S/C14H15FN2O3S/c1-9-3-6-13(14(7-9)20-2)17-21(18,19)10-4-5-11(15)12(16)8-10/h3-8,17H,16H2,1-2H3. The van der Waals surface area contributed by atoms with Crippen molar-refractivity contribution in [2.75, 3.05) is 17.6 Å². The molecule has 2 aromatic rings. The second kappa shape index (κ2) is 5.61. The minimum Gasteiger partial charge on any atom is -0.495 e. The Balaban J connectivity index is 2.39. The van der Waals surface area contributed by atoms with Crippen molar-refractivity contribution in [1.82, 2.24) is 0 Å². The Morgan fingerprint density at radius 1 is 1.19 bits per heavy atom. The largest absolute Gasteiger partial charge is 0.495 e. The van der Waals surface area contributed by atoms with Crippen LogP contribution in [-0.2, 0) is 10.0 Å². The second-order valence-corrected chi connectivity index (χ2v) is 6.17. The van der Waals surface area contributed by atoms with E-state index in [2.05, 4.69) is 4.72 Å². The molecule has 0 aliphatic rings. The van der Waals surface area contributed by atoms with Crippen LogP contribution in [0.3, 0.4) is 0 Å². The molecule has 112 valence electrons. The Morgan fingerprint density at radius 3 is 2.52 bits per heavy atom. The molecule has 0 fully saturated rings. The fraction of sp³-hybridized carbons (Fsp3) is 0.143. The van der Waals surface area contributed by atoms with Crippen molar-refractivity contribution < 1.29 is 17.5 Å². The van der Waals surface area contributed by atoms with Crippen molar-refractivity contribution in [3.8, 4) is 5.75 Å². The van der Waals surface area contributed by atoms with Gasteiger partial charge in [0.05, 0.1) is 23.4 Å². The van der Waals surface area contributed by atoms with Gasteiger partial charge in [-0.15, -0.1) is 0 Å². The summed E-state index contributed by atoms with van der Waals surface area (Å²) in [5.41, 5.74) is 6.40. The SMILES string of the molecule is COc1cc(C)ccc1NS(=O)(=O)c1ccc(F)c(N)c1. The predicted molar refractivity (Wildman–Crippen MR) is 79.4 cm³/mol. The van der Waals surface area contributed by atoms with Crippen molar-refractivity contribution in [1.29, 1.82) is 0 Å². The molecule has 0 amide bonds. The van der Waals surface area contributed by atoms with Gasteiger partial charge in [-0.05, 0) is 42.8 Å². The normalized spacial score (nSPS) is 11.2. The van der Waals surface area contributed by atoms with Gasteiger partial charge in [0.1, 0.15) is 11.6 Å². The van der Waals surface area contributed by atoms with Crippen molar-refractivity contribution >= 4 is 21.4 Å². The highest BCUT2D eigenvalue weighted by atomic mass is 32.2. The maximum atomic E-state index is 13.1. The van der Waals surface area contributed by atoms with Gasteiger partial charge >= 0.3 is 0 Å². The number of hydrogen-bond donors (Lipinski definition) is 2. The number of rotatable bonds is 4. The van der Waals surface area contributed by atoms with E-state index in [9.17, 15) is 12.8 Å². The van der Waals surface area contributed by atoms with Gasteiger partial charge in [-0.3, -0.25) is 4.72 Å². The third-order valence-corrected chi connectivity index (χ3v) is 4.24. The van der Waals surface area contributed by atoms with Crippen molar-refractivity contribution in [2.45, 2.75) is 11.8 Å². The van der Waals surface area contributed by atoms with Gasteiger partial charge in [-0.2, -0.15) is 0 Å². The zero-order valence-electron chi connectivity index (χ0n) is 11.6. The summed E-state index contributed by atoms with van der Waals surface area (Å²) in [4.78, 5) is -0.121. The molecule has 0 aliphatic heterocycles. The van der Waals surface area contributed by atoms with Gasteiger partial charge in [-0.25, -0.2) is 12.8 Å². The molecule has 0 saturated heterocycles. The molecule has 0 saturated carbocycles. The summed E-state index contributed by atoms with van der Waals surface area (Å²) in [5.74, 6) is -0.268. The monoisotopic (exact) mass is 310 g/mol. The van der Waals surface area contributed by atoms with Crippen LogP contribution in [0.2, 0.25) is 0 Å². The maximum Gasteiger partial charge on any atom is 0.262 e. The van der Waals surface area contributed by atoms with Gasteiger partial charge in [0.25, 0.3) is 10.0 Å². The molecule has 3 N–H and O–H groups in total. The lowest BCUT2D eigenvalue weighted by atomic mass is 10.2. The molecule has 21 heavy (non-hydrogen) atoms. The van der Waals surface area contributed by atoms with Crippen LogP contribution in [0.15, 0.2) is 41.3 Å². The van der Waals surface area contributed by atoms with E-state index < -0.39 is 15.8 Å². The van der Waals surface area contributed by atoms with Gasteiger partial charge in [-0.1, -0.05) is 6.07 Å². The molecular weight excluding hydrogens is 295 g/mol. The van der Waals surface area contributed by atoms with E-state index >= 15 is 0 Å². The first-order chi connectivity index (χ1) is 9.83. The van der Waals surface area contributed by atoms with Crippen LogP contribution in [0.4, 0.5) is 15.8 Å². The molecule has 0 radical (unpaired) electrons. The number of aryl methyl sites for hydroxylation is 1. The van der Waals surface area contributed by atoms with Crippen molar-refractivity contribution in [3.63, 3.8) is 0 Å².